The van der Waals surface area contributed by atoms with Gasteiger partial charge in [0.05, 0.1) is 26.3 Å². The van der Waals surface area contributed by atoms with Crippen LogP contribution < -0.4 is 9.47 Å². The van der Waals surface area contributed by atoms with Crippen LogP contribution in [0.2, 0.25) is 0 Å². The molecule has 0 N–H and O–H groups in total. The van der Waals surface area contributed by atoms with E-state index in [0.717, 1.165) is 36.4 Å². The minimum absolute atomic E-state index is 0.359. The van der Waals surface area contributed by atoms with Gasteiger partial charge in [0.25, 0.3) is 0 Å². The van der Waals surface area contributed by atoms with Gasteiger partial charge in [-0.15, -0.1) is 0 Å². The lowest BCUT2D eigenvalue weighted by molar-refractivity contribution is 0.212. The van der Waals surface area contributed by atoms with E-state index in [-0.39, 0.29) is 0 Å². The van der Waals surface area contributed by atoms with E-state index in [2.05, 4.69) is 27.2 Å². The molecule has 2 aromatic carbocycles. The highest BCUT2D eigenvalue weighted by molar-refractivity contribution is 5.63. The number of rotatable bonds is 6. The van der Waals surface area contributed by atoms with E-state index in [1.165, 1.54) is 5.56 Å². The van der Waals surface area contributed by atoms with Gasteiger partial charge in [-0.05, 0) is 49.2 Å². The molecule has 1 saturated heterocycles. The largest absolute Gasteiger partial charge is 0.497 e. The van der Waals surface area contributed by atoms with Gasteiger partial charge in [-0.2, -0.15) is 4.98 Å². The first kappa shape index (κ1) is 17.5. The summed E-state index contributed by atoms with van der Waals surface area (Å²) in [5, 5.41) is 4.15. The molecule has 27 heavy (non-hydrogen) atoms. The van der Waals surface area contributed by atoms with Crippen molar-refractivity contribution in [1.29, 1.82) is 0 Å². The van der Waals surface area contributed by atoms with Gasteiger partial charge in [-0.1, -0.05) is 29.4 Å². The Labute approximate surface area is 158 Å². The van der Waals surface area contributed by atoms with Crippen molar-refractivity contribution in [2.45, 2.75) is 25.4 Å². The number of para-hydroxylation sites is 1. The normalized spacial score (nSPS) is 17.2. The molecular formula is C21H23N3O3. The molecule has 1 aliphatic rings. The highest BCUT2D eigenvalue weighted by Crippen LogP contribution is 2.34. The summed E-state index contributed by atoms with van der Waals surface area (Å²) in [5.41, 5.74) is 2.13. The molecule has 6 heteroatoms. The lowest BCUT2D eigenvalue weighted by Gasteiger charge is -2.23. The van der Waals surface area contributed by atoms with Gasteiger partial charge >= 0.3 is 0 Å². The second-order valence-electron chi connectivity index (χ2n) is 6.61. The molecule has 0 radical (unpaired) electrons. The van der Waals surface area contributed by atoms with E-state index in [4.69, 9.17) is 14.0 Å². The zero-order valence-corrected chi connectivity index (χ0v) is 15.6. The first-order valence-electron chi connectivity index (χ1n) is 9.12. The third-order valence-electron chi connectivity index (χ3n) is 5.02. The molecule has 0 spiro atoms. The van der Waals surface area contributed by atoms with Crippen LogP contribution in [0.3, 0.4) is 0 Å². The summed E-state index contributed by atoms with van der Waals surface area (Å²) >= 11 is 0. The van der Waals surface area contributed by atoms with Crippen LogP contribution in [-0.4, -0.2) is 35.8 Å². The lowest BCUT2D eigenvalue weighted by atomic mass is 10.0. The summed E-state index contributed by atoms with van der Waals surface area (Å²) in [6, 6.07) is 16.3. The molecule has 2 heterocycles. The number of likely N-dealkylation sites (tertiary alicyclic amines) is 1. The van der Waals surface area contributed by atoms with E-state index < -0.39 is 0 Å². The maximum absolute atomic E-state index is 5.52. The predicted molar refractivity (Wildman–Crippen MR) is 102 cm³/mol. The summed E-state index contributed by atoms with van der Waals surface area (Å²) < 4.78 is 16.2. The zero-order chi connectivity index (χ0) is 18.6. The van der Waals surface area contributed by atoms with Gasteiger partial charge in [0, 0.05) is 6.04 Å². The molecular weight excluding hydrogens is 342 g/mol. The number of nitrogens with zero attached hydrogens (tertiary/aromatic N) is 3. The maximum Gasteiger partial charge on any atom is 0.241 e. The Morgan fingerprint density at radius 2 is 1.89 bits per heavy atom. The Morgan fingerprint density at radius 1 is 1.07 bits per heavy atom. The van der Waals surface area contributed by atoms with Gasteiger partial charge in [-0.3, -0.25) is 4.90 Å². The van der Waals surface area contributed by atoms with E-state index in [0.29, 0.717) is 24.3 Å². The van der Waals surface area contributed by atoms with Crippen LogP contribution in [0.5, 0.6) is 11.5 Å². The maximum atomic E-state index is 5.52. The fourth-order valence-corrected chi connectivity index (χ4v) is 3.65. The molecule has 6 nitrogen and oxygen atoms in total. The van der Waals surface area contributed by atoms with Crippen molar-refractivity contribution < 1.29 is 14.0 Å². The van der Waals surface area contributed by atoms with Crippen molar-refractivity contribution in [3.05, 3.63) is 60.0 Å². The molecule has 0 saturated carbocycles. The summed E-state index contributed by atoms with van der Waals surface area (Å²) in [7, 11) is 3.33. The van der Waals surface area contributed by atoms with Gasteiger partial charge in [0.15, 0.2) is 0 Å². The van der Waals surface area contributed by atoms with Gasteiger partial charge in [-0.25, -0.2) is 0 Å². The average molecular weight is 365 g/mol. The Kier molecular flexibility index (Phi) is 5.07. The number of methoxy groups -OCH3 is 2. The number of aromatic nitrogens is 2. The first-order valence-corrected chi connectivity index (χ1v) is 9.12. The van der Waals surface area contributed by atoms with Crippen LogP contribution in [0, 0.1) is 0 Å². The summed E-state index contributed by atoms with van der Waals surface area (Å²) in [6.07, 6.45) is 2.28. The molecule has 1 aliphatic heterocycles. The van der Waals surface area contributed by atoms with Gasteiger partial charge in [0.2, 0.25) is 11.7 Å². The Bertz CT molecular complexity index is 892. The predicted octanol–water partition coefficient (Wildman–Crippen LogP) is 4.09. The summed E-state index contributed by atoms with van der Waals surface area (Å²) in [4.78, 5) is 6.98. The zero-order valence-electron chi connectivity index (χ0n) is 15.6. The molecule has 1 aromatic heterocycles. The van der Waals surface area contributed by atoms with E-state index >= 15 is 0 Å². The van der Waals surface area contributed by atoms with Crippen molar-refractivity contribution in [2.24, 2.45) is 0 Å². The lowest BCUT2D eigenvalue weighted by Crippen LogP contribution is -2.22. The second-order valence-corrected chi connectivity index (χ2v) is 6.61. The molecule has 0 amide bonds. The Morgan fingerprint density at radius 3 is 2.67 bits per heavy atom. The highest BCUT2D eigenvalue weighted by Gasteiger charge is 2.27. The van der Waals surface area contributed by atoms with Crippen LogP contribution in [0.15, 0.2) is 53.1 Å². The molecule has 0 unspecified atom stereocenters. The fraction of sp³-hybridized carbons (Fsp3) is 0.333. The van der Waals surface area contributed by atoms with Crippen LogP contribution >= 0.6 is 0 Å². The van der Waals surface area contributed by atoms with Crippen LogP contribution in [0.25, 0.3) is 11.4 Å². The van der Waals surface area contributed by atoms with Crippen LogP contribution in [-0.2, 0) is 6.54 Å². The van der Waals surface area contributed by atoms with Crippen LogP contribution in [0.1, 0.15) is 30.3 Å². The van der Waals surface area contributed by atoms with Gasteiger partial charge in [0.1, 0.15) is 11.5 Å². The smallest absolute Gasteiger partial charge is 0.241 e. The summed E-state index contributed by atoms with van der Waals surface area (Å²) in [6.45, 7) is 1.65. The van der Waals surface area contributed by atoms with Crippen molar-refractivity contribution in [3.63, 3.8) is 0 Å². The molecule has 4 rings (SSSR count). The number of benzene rings is 2. The second kappa shape index (κ2) is 7.80. The average Bonchev–Trinajstić information content (AvgIpc) is 3.38. The number of hydrogen-bond donors (Lipinski definition) is 0. The monoisotopic (exact) mass is 365 g/mol. The number of hydrogen-bond acceptors (Lipinski definition) is 6. The van der Waals surface area contributed by atoms with E-state index in [9.17, 15) is 0 Å². The molecule has 0 aliphatic carbocycles. The van der Waals surface area contributed by atoms with Gasteiger partial charge < -0.3 is 14.0 Å². The molecule has 140 valence electrons. The fourth-order valence-electron chi connectivity index (χ4n) is 3.65. The molecule has 1 fully saturated rings. The third-order valence-corrected chi connectivity index (χ3v) is 5.02. The van der Waals surface area contributed by atoms with Crippen molar-refractivity contribution in [1.82, 2.24) is 15.0 Å². The quantitative estimate of drug-likeness (QED) is 0.656. The molecule has 0 bridgehead atoms. The van der Waals surface area contributed by atoms with E-state index in [1.807, 2.05) is 36.4 Å². The Hall–Kier alpha value is -2.86. The minimum atomic E-state index is 0.359. The number of ether oxygens (including phenoxy) is 2. The standard InChI is InChI=1S/C21H23N3O3/c1-25-16-11-9-15(10-12-16)18-7-5-13-24(18)14-20-22-21(23-27-20)17-6-3-4-8-19(17)26-2/h3-4,6,8-12,18H,5,7,13-14H2,1-2H3/t18-/m1/s1. The van der Waals surface area contributed by atoms with E-state index in [1.54, 1.807) is 14.2 Å². The Balaban J connectivity index is 1.51. The van der Waals surface area contributed by atoms with Crippen LogP contribution in [0.4, 0.5) is 0 Å². The minimum Gasteiger partial charge on any atom is -0.497 e. The SMILES string of the molecule is COc1ccc([C@H]2CCCN2Cc2nc(-c3ccccc3OC)no2)cc1. The first-order chi connectivity index (χ1) is 13.3. The third kappa shape index (κ3) is 3.66. The topological polar surface area (TPSA) is 60.6 Å². The molecule has 1 atom stereocenters. The molecule has 3 aromatic rings. The van der Waals surface area contributed by atoms with Crippen molar-refractivity contribution >= 4 is 0 Å². The van der Waals surface area contributed by atoms with Crippen molar-refractivity contribution in [3.8, 4) is 22.9 Å². The van der Waals surface area contributed by atoms with Crippen molar-refractivity contribution in [2.75, 3.05) is 20.8 Å². The summed E-state index contributed by atoms with van der Waals surface area (Å²) in [5.74, 6) is 2.79. The highest BCUT2D eigenvalue weighted by atomic mass is 16.5.